The molecule has 0 saturated heterocycles. The molecule has 0 fully saturated rings. The zero-order valence-electron chi connectivity index (χ0n) is 9.64. The Labute approximate surface area is 95.0 Å². The van der Waals surface area contributed by atoms with Crippen molar-refractivity contribution in [1.82, 2.24) is 0 Å². The minimum Gasteiger partial charge on any atom is -0.460 e. The average Bonchev–Trinajstić information content (AvgIpc) is 2.31. The summed E-state index contributed by atoms with van der Waals surface area (Å²) >= 11 is 0. The van der Waals surface area contributed by atoms with E-state index in [1.54, 1.807) is 0 Å². The van der Waals surface area contributed by atoms with Gasteiger partial charge in [0.05, 0.1) is 0 Å². The molecule has 0 saturated carbocycles. The molecule has 1 atom stereocenters. The van der Waals surface area contributed by atoms with Crippen molar-refractivity contribution >= 4 is 11.9 Å². The topological polar surface area (TPSA) is 72.8 Å². The van der Waals surface area contributed by atoms with Gasteiger partial charge in [-0.05, 0) is 12.8 Å². The number of aliphatic hydroxyl groups is 1. The monoisotopic (exact) mass is 230 g/mol. The second kappa shape index (κ2) is 7.87. The molecule has 92 valence electrons. The Bertz CT molecular complexity index is 245. The number of rotatable bonds is 7. The maximum atomic E-state index is 11.3. The van der Waals surface area contributed by atoms with Crippen molar-refractivity contribution in [2.24, 2.45) is 0 Å². The van der Waals surface area contributed by atoms with Gasteiger partial charge in [-0.25, -0.2) is 9.59 Å². The molecule has 0 rings (SSSR count). The fourth-order valence-corrected chi connectivity index (χ4v) is 1.00. The zero-order valence-corrected chi connectivity index (χ0v) is 9.64. The Morgan fingerprint density at radius 3 is 2.31 bits per heavy atom. The van der Waals surface area contributed by atoms with Gasteiger partial charge in [-0.2, -0.15) is 0 Å². The largest absolute Gasteiger partial charge is 0.460 e. The van der Waals surface area contributed by atoms with E-state index in [0.717, 1.165) is 0 Å². The van der Waals surface area contributed by atoms with Crippen molar-refractivity contribution in [3.8, 4) is 0 Å². The van der Waals surface area contributed by atoms with Gasteiger partial charge in [0.15, 0.2) is 0 Å². The summed E-state index contributed by atoms with van der Waals surface area (Å²) in [7, 11) is 0. The number of hydrogen-bond donors (Lipinski definition) is 1. The standard InChI is InChI=1S/C11H18O5/c1-4-7-15-10(13)9(12)11(14)16-8(5-2)6-3/h4,8-9,12H,1,5-7H2,2-3H3. The molecular formula is C11H18O5. The van der Waals surface area contributed by atoms with Crippen LogP contribution in [0, 0.1) is 0 Å². The van der Waals surface area contributed by atoms with Crippen molar-refractivity contribution in [2.45, 2.75) is 38.9 Å². The first kappa shape index (κ1) is 14.6. The zero-order chi connectivity index (χ0) is 12.6. The van der Waals surface area contributed by atoms with Gasteiger partial charge in [0.25, 0.3) is 0 Å². The van der Waals surface area contributed by atoms with Crippen LogP contribution in [-0.2, 0) is 19.1 Å². The fourth-order valence-electron chi connectivity index (χ4n) is 1.00. The highest BCUT2D eigenvalue weighted by Crippen LogP contribution is 2.05. The van der Waals surface area contributed by atoms with Gasteiger partial charge in [0.1, 0.15) is 12.7 Å². The SMILES string of the molecule is C=CCOC(=O)C(O)C(=O)OC(CC)CC. The van der Waals surface area contributed by atoms with E-state index in [9.17, 15) is 14.7 Å². The number of carbonyl (C=O) groups is 2. The highest BCUT2D eigenvalue weighted by molar-refractivity contribution is 5.97. The second-order valence-electron chi connectivity index (χ2n) is 3.20. The maximum absolute atomic E-state index is 11.3. The van der Waals surface area contributed by atoms with Gasteiger partial charge in [0, 0.05) is 0 Å². The summed E-state index contributed by atoms with van der Waals surface area (Å²) < 4.78 is 9.41. The Morgan fingerprint density at radius 2 is 1.88 bits per heavy atom. The first-order valence-electron chi connectivity index (χ1n) is 5.22. The fraction of sp³-hybridized carbons (Fsp3) is 0.636. The van der Waals surface area contributed by atoms with Gasteiger partial charge in [0.2, 0.25) is 6.10 Å². The lowest BCUT2D eigenvalue weighted by Gasteiger charge is -2.16. The van der Waals surface area contributed by atoms with E-state index < -0.39 is 18.0 Å². The van der Waals surface area contributed by atoms with Crippen LogP contribution in [0.25, 0.3) is 0 Å². The number of ether oxygens (including phenoxy) is 2. The Kier molecular flexibility index (Phi) is 7.20. The smallest absolute Gasteiger partial charge is 0.347 e. The van der Waals surface area contributed by atoms with Crippen molar-refractivity contribution in [3.63, 3.8) is 0 Å². The van der Waals surface area contributed by atoms with Gasteiger partial charge in [-0.15, -0.1) is 0 Å². The van der Waals surface area contributed by atoms with E-state index in [1.807, 2.05) is 13.8 Å². The van der Waals surface area contributed by atoms with Crippen LogP contribution in [0.1, 0.15) is 26.7 Å². The summed E-state index contributed by atoms with van der Waals surface area (Å²) in [6, 6.07) is 0. The van der Waals surface area contributed by atoms with Crippen LogP contribution < -0.4 is 0 Å². The molecule has 1 unspecified atom stereocenters. The molecule has 0 aromatic carbocycles. The number of hydrogen-bond acceptors (Lipinski definition) is 5. The Hall–Kier alpha value is -1.36. The molecule has 1 N–H and O–H groups in total. The summed E-state index contributed by atoms with van der Waals surface area (Å²) in [5.41, 5.74) is 0. The molecule has 0 amide bonds. The molecular weight excluding hydrogens is 212 g/mol. The molecule has 0 aliphatic rings. The van der Waals surface area contributed by atoms with Crippen LogP contribution >= 0.6 is 0 Å². The second-order valence-corrected chi connectivity index (χ2v) is 3.20. The summed E-state index contributed by atoms with van der Waals surface area (Å²) in [6.45, 7) is 6.99. The summed E-state index contributed by atoms with van der Waals surface area (Å²) in [5.74, 6) is -1.99. The molecule has 0 bridgehead atoms. The minimum atomic E-state index is -1.87. The molecule has 16 heavy (non-hydrogen) atoms. The third-order valence-corrected chi connectivity index (χ3v) is 1.98. The van der Waals surface area contributed by atoms with Crippen LogP contribution in [-0.4, -0.2) is 35.9 Å². The number of carbonyl (C=O) groups excluding carboxylic acids is 2. The molecule has 0 heterocycles. The van der Waals surface area contributed by atoms with E-state index in [2.05, 4.69) is 11.3 Å². The van der Waals surface area contributed by atoms with E-state index in [1.165, 1.54) is 6.08 Å². The summed E-state index contributed by atoms with van der Waals surface area (Å²) in [5, 5.41) is 9.27. The van der Waals surface area contributed by atoms with E-state index in [-0.39, 0.29) is 12.7 Å². The number of esters is 2. The van der Waals surface area contributed by atoms with Crippen molar-refractivity contribution in [2.75, 3.05) is 6.61 Å². The lowest BCUT2D eigenvalue weighted by Crippen LogP contribution is -2.35. The summed E-state index contributed by atoms with van der Waals surface area (Å²) in [4.78, 5) is 22.4. The number of aliphatic hydroxyl groups excluding tert-OH is 1. The van der Waals surface area contributed by atoms with E-state index in [4.69, 9.17) is 4.74 Å². The lowest BCUT2D eigenvalue weighted by molar-refractivity contribution is -0.171. The summed E-state index contributed by atoms with van der Waals surface area (Å²) in [6.07, 6.45) is 0.458. The Morgan fingerprint density at radius 1 is 1.31 bits per heavy atom. The molecule has 0 spiro atoms. The van der Waals surface area contributed by atoms with Gasteiger partial charge >= 0.3 is 11.9 Å². The first-order chi connectivity index (χ1) is 7.56. The maximum Gasteiger partial charge on any atom is 0.347 e. The molecule has 5 nitrogen and oxygen atoms in total. The molecule has 0 aromatic heterocycles. The van der Waals surface area contributed by atoms with Gasteiger partial charge in [-0.3, -0.25) is 0 Å². The predicted octanol–water partition coefficient (Wildman–Crippen LogP) is 0.808. The average molecular weight is 230 g/mol. The highest BCUT2D eigenvalue weighted by Gasteiger charge is 2.28. The van der Waals surface area contributed by atoms with Crippen molar-refractivity contribution in [3.05, 3.63) is 12.7 Å². The van der Waals surface area contributed by atoms with Crippen LogP contribution in [0.15, 0.2) is 12.7 Å². The van der Waals surface area contributed by atoms with E-state index >= 15 is 0 Å². The molecule has 0 radical (unpaired) electrons. The molecule has 0 aliphatic heterocycles. The van der Waals surface area contributed by atoms with Crippen LogP contribution in [0.5, 0.6) is 0 Å². The Balaban J connectivity index is 4.15. The quantitative estimate of drug-likeness (QED) is 0.398. The van der Waals surface area contributed by atoms with Crippen molar-refractivity contribution in [1.29, 1.82) is 0 Å². The van der Waals surface area contributed by atoms with E-state index in [0.29, 0.717) is 12.8 Å². The van der Waals surface area contributed by atoms with Crippen LogP contribution in [0.2, 0.25) is 0 Å². The van der Waals surface area contributed by atoms with Gasteiger partial charge < -0.3 is 14.6 Å². The minimum absolute atomic E-state index is 0.0475. The van der Waals surface area contributed by atoms with Crippen LogP contribution in [0.3, 0.4) is 0 Å². The third kappa shape index (κ3) is 4.93. The molecule has 0 aromatic rings. The first-order valence-corrected chi connectivity index (χ1v) is 5.22. The predicted molar refractivity (Wildman–Crippen MR) is 57.6 cm³/mol. The van der Waals surface area contributed by atoms with Gasteiger partial charge in [-0.1, -0.05) is 26.5 Å². The van der Waals surface area contributed by atoms with Crippen LogP contribution in [0.4, 0.5) is 0 Å². The third-order valence-electron chi connectivity index (χ3n) is 1.98. The molecule has 5 heteroatoms. The lowest BCUT2D eigenvalue weighted by atomic mass is 10.2. The van der Waals surface area contributed by atoms with Crippen molar-refractivity contribution < 1.29 is 24.2 Å². The highest BCUT2D eigenvalue weighted by atomic mass is 16.6. The normalized spacial score (nSPS) is 12.0. The molecule has 0 aliphatic carbocycles.